The lowest BCUT2D eigenvalue weighted by Gasteiger charge is -2.19. The Kier molecular flexibility index (Phi) is 3.64. The quantitative estimate of drug-likeness (QED) is 0.902. The first-order valence-electron chi connectivity index (χ1n) is 7.19. The van der Waals surface area contributed by atoms with Gasteiger partial charge in [0.15, 0.2) is 5.82 Å². The Hall–Kier alpha value is -2.30. The summed E-state index contributed by atoms with van der Waals surface area (Å²) >= 11 is 0. The van der Waals surface area contributed by atoms with Gasteiger partial charge in [0.25, 0.3) is 0 Å². The Balaban J connectivity index is 1.67. The van der Waals surface area contributed by atoms with Gasteiger partial charge in [-0.25, -0.2) is 4.79 Å². The average molecular weight is 285 g/mol. The van der Waals surface area contributed by atoms with Crippen molar-refractivity contribution in [1.29, 1.82) is 0 Å². The van der Waals surface area contributed by atoms with Gasteiger partial charge in [0, 0.05) is 6.07 Å². The molecule has 1 aromatic carbocycles. The number of anilines is 1. The van der Waals surface area contributed by atoms with Crippen molar-refractivity contribution >= 4 is 11.8 Å². The normalized spacial score (nSPS) is 15.5. The fourth-order valence-corrected chi connectivity index (χ4v) is 2.40. The highest BCUT2D eigenvalue weighted by atomic mass is 16.5. The molecule has 3 rings (SSSR count). The summed E-state index contributed by atoms with van der Waals surface area (Å²) in [6.07, 6.45) is 2.31. The molecule has 1 atom stereocenters. The number of carbonyl (C=O) groups is 1. The van der Waals surface area contributed by atoms with Crippen LogP contribution in [0.15, 0.2) is 34.9 Å². The molecule has 110 valence electrons. The van der Waals surface area contributed by atoms with Gasteiger partial charge in [0.1, 0.15) is 5.76 Å². The highest BCUT2D eigenvalue weighted by Gasteiger charge is 2.33. The number of benzene rings is 1. The van der Waals surface area contributed by atoms with Gasteiger partial charge in [-0.15, -0.1) is 0 Å². The smallest absolute Gasteiger partial charge is 0.320 e. The van der Waals surface area contributed by atoms with E-state index in [1.54, 1.807) is 13.0 Å². The van der Waals surface area contributed by atoms with E-state index < -0.39 is 0 Å². The summed E-state index contributed by atoms with van der Waals surface area (Å²) in [5.41, 5.74) is 2.37. The lowest BCUT2D eigenvalue weighted by molar-refractivity contribution is 0.247. The molecular weight excluding hydrogens is 266 g/mol. The number of urea groups is 1. The molecule has 1 aliphatic rings. The Morgan fingerprint density at radius 3 is 2.57 bits per heavy atom. The van der Waals surface area contributed by atoms with E-state index in [-0.39, 0.29) is 12.1 Å². The summed E-state index contributed by atoms with van der Waals surface area (Å²) in [5, 5.41) is 9.50. The maximum absolute atomic E-state index is 12.1. The lowest BCUT2D eigenvalue weighted by Crippen LogP contribution is -2.33. The maximum atomic E-state index is 12.1. The van der Waals surface area contributed by atoms with Crippen molar-refractivity contribution in [2.45, 2.75) is 32.7 Å². The molecule has 1 fully saturated rings. The van der Waals surface area contributed by atoms with E-state index in [4.69, 9.17) is 4.52 Å². The molecule has 2 amide bonds. The molecule has 5 heteroatoms. The number of carbonyl (C=O) groups excluding carboxylic acids is 1. The minimum absolute atomic E-state index is 0.0543. The van der Waals surface area contributed by atoms with Crippen LogP contribution in [0.2, 0.25) is 0 Å². The van der Waals surface area contributed by atoms with E-state index in [2.05, 4.69) is 47.0 Å². The fourth-order valence-electron chi connectivity index (χ4n) is 2.40. The van der Waals surface area contributed by atoms with Crippen molar-refractivity contribution in [2.75, 3.05) is 5.32 Å². The van der Waals surface area contributed by atoms with Crippen LogP contribution in [0.5, 0.6) is 0 Å². The molecule has 2 aromatic rings. The first kappa shape index (κ1) is 13.7. The van der Waals surface area contributed by atoms with Gasteiger partial charge in [-0.3, -0.25) is 5.32 Å². The third kappa shape index (κ3) is 3.42. The molecule has 0 unspecified atom stereocenters. The minimum atomic E-state index is -0.249. The number of nitrogens with zero attached hydrogens (tertiary/aromatic N) is 1. The van der Waals surface area contributed by atoms with E-state index >= 15 is 0 Å². The first-order chi connectivity index (χ1) is 10.1. The SMILES string of the molecule is Cc1ccc([C@H](NC(=O)Nc2cc(C)on2)C2CC2)cc1. The lowest BCUT2D eigenvalue weighted by atomic mass is 10.0. The molecule has 5 nitrogen and oxygen atoms in total. The van der Waals surface area contributed by atoms with Crippen molar-refractivity contribution in [3.8, 4) is 0 Å². The summed E-state index contributed by atoms with van der Waals surface area (Å²) in [5.74, 6) is 1.63. The van der Waals surface area contributed by atoms with Gasteiger partial charge in [0.2, 0.25) is 0 Å². The van der Waals surface area contributed by atoms with Crippen LogP contribution >= 0.6 is 0 Å². The predicted molar refractivity (Wildman–Crippen MR) is 80.0 cm³/mol. The van der Waals surface area contributed by atoms with E-state index in [1.807, 2.05) is 0 Å². The van der Waals surface area contributed by atoms with Crippen molar-refractivity contribution in [3.05, 3.63) is 47.2 Å². The molecule has 2 N–H and O–H groups in total. The second-order valence-electron chi connectivity index (χ2n) is 5.65. The van der Waals surface area contributed by atoms with E-state index in [9.17, 15) is 4.79 Å². The molecule has 1 saturated carbocycles. The maximum Gasteiger partial charge on any atom is 0.320 e. The summed E-state index contributed by atoms with van der Waals surface area (Å²) in [7, 11) is 0. The molecule has 1 aliphatic carbocycles. The number of aromatic nitrogens is 1. The molecule has 1 aromatic heterocycles. The zero-order valence-corrected chi connectivity index (χ0v) is 12.2. The molecule has 0 radical (unpaired) electrons. The highest BCUT2D eigenvalue weighted by Crippen LogP contribution is 2.41. The summed E-state index contributed by atoms with van der Waals surface area (Å²) in [6, 6.07) is 9.81. The van der Waals surface area contributed by atoms with Crippen LogP contribution in [-0.4, -0.2) is 11.2 Å². The zero-order valence-electron chi connectivity index (χ0n) is 12.2. The van der Waals surface area contributed by atoms with Gasteiger partial charge in [0.05, 0.1) is 6.04 Å². The van der Waals surface area contributed by atoms with Gasteiger partial charge in [-0.2, -0.15) is 0 Å². The number of amides is 2. The Bertz CT molecular complexity index is 629. The summed E-state index contributed by atoms with van der Waals surface area (Å²) in [4.78, 5) is 12.1. The highest BCUT2D eigenvalue weighted by molar-refractivity contribution is 5.88. The third-order valence-corrected chi connectivity index (χ3v) is 3.69. The molecule has 1 heterocycles. The Labute approximate surface area is 123 Å². The summed E-state index contributed by atoms with van der Waals surface area (Å²) < 4.78 is 4.94. The van der Waals surface area contributed by atoms with Gasteiger partial charge in [-0.1, -0.05) is 35.0 Å². The van der Waals surface area contributed by atoms with E-state index in [0.717, 1.165) is 18.4 Å². The number of hydrogen-bond acceptors (Lipinski definition) is 3. The molecule has 0 spiro atoms. The van der Waals surface area contributed by atoms with Crippen LogP contribution in [0, 0.1) is 19.8 Å². The topological polar surface area (TPSA) is 67.2 Å². The number of rotatable bonds is 4. The van der Waals surface area contributed by atoms with Crippen molar-refractivity contribution in [2.24, 2.45) is 5.92 Å². The van der Waals surface area contributed by atoms with E-state index in [1.165, 1.54) is 5.56 Å². The Morgan fingerprint density at radius 2 is 2.00 bits per heavy atom. The molecule has 21 heavy (non-hydrogen) atoms. The van der Waals surface area contributed by atoms with Crippen LogP contribution in [0.25, 0.3) is 0 Å². The zero-order chi connectivity index (χ0) is 14.8. The molecular formula is C16H19N3O2. The second kappa shape index (κ2) is 5.60. The number of nitrogens with one attached hydrogen (secondary N) is 2. The summed E-state index contributed by atoms with van der Waals surface area (Å²) in [6.45, 7) is 3.85. The average Bonchev–Trinajstić information content (AvgIpc) is 3.21. The van der Waals surface area contributed by atoms with Gasteiger partial charge in [-0.05, 0) is 38.2 Å². The molecule has 0 bridgehead atoms. The fraction of sp³-hybridized carbons (Fsp3) is 0.375. The number of hydrogen-bond donors (Lipinski definition) is 2. The Morgan fingerprint density at radius 1 is 1.29 bits per heavy atom. The first-order valence-corrected chi connectivity index (χ1v) is 7.19. The third-order valence-electron chi connectivity index (χ3n) is 3.69. The van der Waals surface area contributed by atoms with Crippen LogP contribution in [0.4, 0.5) is 10.6 Å². The van der Waals surface area contributed by atoms with Gasteiger partial charge < -0.3 is 9.84 Å². The van der Waals surface area contributed by atoms with E-state index in [0.29, 0.717) is 17.5 Å². The van der Waals surface area contributed by atoms with Crippen LogP contribution in [0.1, 0.15) is 35.8 Å². The van der Waals surface area contributed by atoms with Crippen molar-refractivity contribution in [3.63, 3.8) is 0 Å². The van der Waals surface area contributed by atoms with Gasteiger partial charge >= 0.3 is 6.03 Å². The second-order valence-corrected chi connectivity index (χ2v) is 5.65. The standard InChI is InChI=1S/C16H19N3O2/c1-10-3-5-12(6-4-10)15(13-7-8-13)18-16(20)17-14-9-11(2)21-19-14/h3-6,9,13,15H,7-8H2,1-2H3,(H2,17,18,19,20)/t15-/m0/s1. The molecule has 0 saturated heterocycles. The van der Waals surface area contributed by atoms with Crippen molar-refractivity contribution in [1.82, 2.24) is 10.5 Å². The van der Waals surface area contributed by atoms with Crippen LogP contribution in [-0.2, 0) is 0 Å². The predicted octanol–water partition coefficient (Wildman–Crippen LogP) is 3.56. The van der Waals surface area contributed by atoms with Crippen molar-refractivity contribution < 1.29 is 9.32 Å². The van der Waals surface area contributed by atoms with Crippen LogP contribution < -0.4 is 10.6 Å². The van der Waals surface area contributed by atoms with Crippen LogP contribution in [0.3, 0.4) is 0 Å². The minimum Gasteiger partial charge on any atom is -0.360 e. The molecule has 0 aliphatic heterocycles. The largest absolute Gasteiger partial charge is 0.360 e. The number of aryl methyl sites for hydroxylation is 2. The monoisotopic (exact) mass is 285 g/mol.